The van der Waals surface area contributed by atoms with Gasteiger partial charge in [0.15, 0.2) is 5.13 Å². The maximum absolute atomic E-state index is 9.74. The molecule has 0 aliphatic heterocycles. The highest BCUT2D eigenvalue weighted by atomic mass is 32.1. The van der Waals surface area contributed by atoms with Gasteiger partial charge in [0.25, 0.3) is 0 Å². The molecule has 0 aliphatic carbocycles. The van der Waals surface area contributed by atoms with E-state index in [4.69, 9.17) is 5.11 Å². The second-order valence-electron chi connectivity index (χ2n) is 4.76. The van der Waals surface area contributed by atoms with Crippen molar-refractivity contribution in [2.24, 2.45) is 0 Å². The quantitative estimate of drug-likeness (QED) is 0.755. The summed E-state index contributed by atoms with van der Waals surface area (Å²) in [6, 6.07) is 19.9. The fraction of sp³-hybridized carbons (Fsp3) is 0.118. The molecule has 0 amide bonds. The number of nitrogens with zero attached hydrogens (tertiary/aromatic N) is 2. The standard InChI is InChI=1S/C17H16N2O2S/c20-11-16(21)15-12-22-17(18-15)19(13-7-3-1-4-8-13)14-9-5-2-6-10-14/h1-10,12,16,20-21H,11H2. The molecule has 2 N–H and O–H groups in total. The summed E-state index contributed by atoms with van der Waals surface area (Å²) in [5.41, 5.74) is 2.47. The molecule has 0 radical (unpaired) electrons. The zero-order valence-electron chi connectivity index (χ0n) is 11.8. The van der Waals surface area contributed by atoms with Crippen molar-refractivity contribution in [2.75, 3.05) is 11.5 Å². The number of aliphatic hydroxyl groups excluding tert-OH is 2. The summed E-state index contributed by atoms with van der Waals surface area (Å²) in [6.07, 6.45) is -0.946. The normalized spacial score (nSPS) is 12.1. The SMILES string of the molecule is OCC(O)c1csc(N(c2ccccc2)c2ccccc2)n1. The van der Waals surface area contributed by atoms with Gasteiger partial charge in [-0.3, -0.25) is 4.90 Å². The lowest BCUT2D eigenvalue weighted by Crippen LogP contribution is -2.10. The Labute approximate surface area is 132 Å². The van der Waals surface area contributed by atoms with E-state index in [0.717, 1.165) is 16.5 Å². The van der Waals surface area contributed by atoms with Crippen molar-refractivity contribution in [1.29, 1.82) is 0 Å². The van der Waals surface area contributed by atoms with Gasteiger partial charge in [-0.15, -0.1) is 11.3 Å². The zero-order valence-corrected chi connectivity index (χ0v) is 12.6. The largest absolute Gasteiger partial charge is 0.393 e. The topological polar surface area (TPSA) is 56.6 Å². The van der Waals surface area contributed by atoms with Crippen LogP contribution >= 0.6 is 11.3 Å². The molecular weight excluding hydrogens is 296 g/mol. The monoisotopic (exact) mass is 312 g/mol. The molecule has 3 aromatic rings. The van der Waals surface area contributed by atoms with Crippen LogP contribution in [0.5, 0.6) is 0 Å². The number of anilines is 3. The molecule has 0 spiro atoms. The Hall–Kier alpha value is -2.21. The fourth-order valence-electron chi connectivity index (χ4n) is 2.15. The van der Waals surface area contributed by atoms with Gasteiger partial charge in [-0.05, 0) is 24.3 Å². The third-order valence-electron chi connectivity index (χ3n) is 3.24. The van der Waals surface area contributed by atoms with E-state index in [1.807, 2.05) is 65.6 Å². The van der Waals surface area contributed by atoms with Crippen LogP contribution in [0, 0.1) is 0 Å². The van der Waals surface area contributed by atoms with Crippen molar-refractivity contribution in [3.8, 4) is 0 Å². The zero-order chi connectivity index (χ0) is 15.4. The molecule has 0 fully saturated rings. The van der Waals surface area contributed by atoms with E-state index >= 15 is 0 Å². The number of para-hydroxylation sites is 2. The molecular formula is C17H16N2O2S. The van der Waals surface area contributed by atoms with Crippen LogP contribution in [-0.4, -0.2) is 21.8 Å². The lowest BCUT2D eigenvalue weighted by Gasteiger charge is -2.22. The van der Waals surface area contributed by atoms with Crippen molar-refractivity contribution >= 4 is 27.8 Å². The number of hydrogen-bond donors (Lipinski definition) is 2. The predicted molar refractivity (Wildman–Crippen MR) is 88.8 cm³/mol. The first-order valence-electron chi connectivity index (χ1n) is 6.94. The van der Waals surface area contributed by atoms with Gasteiger partial charge in [0.1, 0.15) is 6.10 Å². The number of rotatable bonds is 5. The number of thiazole rings is 1. The van der Waals surface area contributed by atoms with Gasteiger partial charge in [-0.2, -0.15) is 0 Å². The van der Waals surface area contributed by atoms with E-state index in [-0.39, 0.29) is 6.61 Å². The molecule has 2 aromatic carbocycles. The molecule has 1 heterocycles. The Morgan fingerprint density at radius 3 is 2.00 bits per heavy atom. The molecule has 112 valence electrons. The van der Waals surface area contributed by atoms with Gasteiger partial charge >= 0.3 is 0 Å². The lowest BCUT2D eigenvalue weighted by atomic mass is 10.2. The summed E-state index contributed by atoms with van der Waals surface area (Å²) in [7, 11) is 0. The van der Waals surface area contributed by atoms with Gasteiger partial charge in [-0.1, -0.05) is 36.4 Å². The molecule has 3 rings (SSSR count). The van der Waals surface area contributed by atoms with E-state index in [9.17, 15) is 5.11 Å². The average molecular weight is 312 g/mol. The highest BCUT2D eigenvalue weighted by Crippen LogP contribution is 2.36. The average Bonchev–Trinajstić information content (AvgIpc) is 3.06. The molecule has 1 atom stereocenters. The maximum atomic E-state index is 9.74. The number of benzene rings is 2. The van der Waals surface area contributed by atoms with Crippen molar-refractivity contribution < 1.29 is 10.2 Å². The van der Waals surface area contributed by atoms with Crippen LogP contribution in [0.15, 0.2) is 66.0 Å². The minimum atomic E-state index is -0.946. The molecule has 0 aliphatic rings. The lowest BCUT2D eigenvalue weighted by molar-refractivity contribution is 0.0928. The number of hydrogen-bond acceptors (Lipinski definition) is 5. The summed E-state index contributed by atoms with van der Waals surface area (Å²) in [5, 5.41) is 21.3. The second kappa shape index (κ2) is 6.70. The molecule has 5 heteroatoms. The Morgan fingerprint density at radius 2 is 1.50 bits per heavy atom. The van der Waals surface area contributed by atoms with Gasteiger partial charge in [0, 0.05) is 16.8 Å². The summed E-state index contributed by atoms with van der Waals surface area (Å²) < 4.78 is 0. The number of aromatic nitrogens is 1. The van der Waals surface area contributed by atoms with E-state index in [1.54, 1.807) is 5.38 Å². The van der Waals surface area contributed by atoms with Crippen LogP contribution in [0.25, 0.3) is 0 Å². The van der Waals surface area contributed by atoms with E-state index in [2.05, 4.69) is 4.98 Å². The van der Waals surface area contributed by atoms with Crippen LogP contribution in [0.4, 0.5) is 16.5 Å². The highest BCUT2D eigenvalue weighted by molar-refractivity contribution is 7.14. The Balaban J connectivity index is 2.04. The highest BCUT2D eigenvalue weighted by Gasteiger charge is 2.18. The van der Waals surface area contributed by atoms with Gasteiger partial charge in [-0.25, -0.2) is 4.98 Å². The van der Waals surface area contributed by atoms with Crippen molar-refractivity contribution in [3.05, 3.63) is 71.7 Å². The van der Waals surface area contributed by atoms with E-state index < -0.39 is 6.10 Å². The third-order valence-corrected chi connectivity index (χ3v) is 4.09. The Bertz CT molecular complexity index is 676. The summed E-state index contributed by atoms with van der Waals surface area (Å²) in [4.78, 5) is 6.49. The summed E-state index contributed by atoms with van der Waals surface area (Å²) in [6.45, 7) is -0.333. The van der Waals surface area contributed by atoms with Gasteiger partial charge in [0.2, 0.25) is 0 Å². The smallest absolute Gasteiger partial charge is 0.194 e. The molecule has 4 nitrogen and oxygen atoms in total. The predicted octanol–water partition coefficient (Wildman–Crippen LogP) is 3.64. The van der Waals surface area contributed by atoms with Gasteiger partial charge in [0.05, 0.1) is 12.3 Å². The van der Waals surface area contributed by atoms with Gasteiger partial charge < -0.3 is 10.2 Å². The first-order chi connectivity index (χ1) is 10.8. The molecule has 0 bridgehead atoms. The molecule has 0 saturated heterocycles. The molecule has 1 aromatic heterocycles. The van der Waals surface area contributed by atoms with Crippen LogP contribution in [0.2, 0.25) is 0 Å². The molecule has 22 heavy (non-hydrogen) atoms. The van der Waals surface area contributed by atoms with Crippen molar-refractivity contribution in [2.45, 2.75) is 6.10 Å². The molecule has 0 saturated carbocycles. The Morgan fingerprint density at radius 1 is 0.955 bits per heavy atom. The fourth-order valence-corrected chi connectivity index (χ4v) is 3.06. The van der Waals surface area contributed by atoms with E-state index in [0.29, 0.717) is 5.69 Å². The van der Waals surface area contributed by atoms with Crippen LogP contribution in [-0.2, 0) is 0 Å². The third kappa shape index (κ3) is 3.01. The minimum absolute atomic E-state index is 0.333. The summed E-state index contributed by atoms with van der Waals surface area (Å²) in [5.74, 6) is 0. The minimum Gasteiger partial charge on any atom is -0.393 e. The summed E-state index contributed by atoms with van der Waals surface area (Å²) >= 11 is 1.43. The molecule has 1 unspecified atom stereocenters. The van der Waals surface area contributed by atoms with Crippen LogP contribution in [0.1, 0.15) is 11.8 Å². The second-order valence-corrected chi connectivity index (χ2v) is 5.60. The number of aliphatic hydroxyl groups is 2. The van der Waals surface area contributed by atoms with Crippen LogP contribution in [0.3, 0.4) is 0 Å². The first kappa shape index (κ1) is 14.7. The van der Waals surface area contributed by atoms with Crippen LogP contribution < -0.4 is 4.90 Å². The van der Waals surface area contributed by atoms with E-state index in [1.165, 1.54) is 11.3 Å². The Kier molecular flexibility index (Phi) is 4.48. The van der Waals surface area contributed by atoms with Crippen molar-refractivity contribution in [1.82, 2.24) is 4.98 Å². The first-order valence-corrected chi connectivity index (χ1v) is 7.82. The maximum Gasteiger partial charge on any atom is 0.194 e. The van der Waals surface area contributed by atoms with Crippen molar-refractivity contribution in [3.63, 3.8) is 0 Å².